The molecule has 0 bridgehead atoms. The van der Waals surface area contributed by atoms with Crippen molar-refractivity contribution in [3.8, 4) is 11.1 Å². The Morgan fingerprint density at radius 2 is 1.74 bits per heavy atom. The number of halogens is 1. The van der Waals surface area contributed by atoms with E-state index >= 15 is 0 Å². The van der Waals surface area contributed by atoms with Crippen LogP contribution in [0.4, 0.5) is 17.3 Å². The highest BCUT2D eigenvalue weighted by atomic mass is 79.9. The molecule has 3 heterocycles. The lowest BCUT2D eigenvalue weighted by Gasteiger charge is -2.34. The van der Waals surface area contributed by atoms with Crippen molar-refractivity contribution in [2.45, 2.75) is 0 Å². The van der Waals surface area contributed by atoms with E-state index in [-0.39, 0.29) is 5.69 Å². The van der Waals surface area contributed by atoms with E-state index in [9.17, 15) is 9.90 Å². The second kappa shape index (κ2) is 9.36. The molecule has 0 radical (unpaired) electrons. The highest BCUT2D eigenvalue weighted by Gasteiger charge is 2.18. The van der Waals surface area contributed by atoms with Gasteiger partial charge in [0, 0.05) is 59.2 Å². The van der Waals surface area contributed by atoms with E-state index in [0.717, 1.165) is 41.9 Å². The number of pyridine rings is 1. The first-order valence-corrected chi connectivity index (χ1v) is 11.7. The zero-order valence-corrected chi connectivity index (χ0v) is 20.2. The van der Waals surface area contributed by atoms with Crippen LogP contribution in [-0.2, 0) is 0 Å². The topological polar surface area (TPSA) is 94.5 Å². The number of piperazine rings is 1. The number of aromatic carboxylic acids is 1. The monoisotopic (exact) mass is 518 g/mol. The fraction of sp³-hybridized carbons (Fsp3) is 0.200. The lowest BCUT2D eigenvalue weighted by atomic mass is 10.0. The number of carboxylic acid groups (broad SMARTS) is 1. The Kier molecular flexibility index (Phi) is 6.12. The summed E-state index contributed by atoms with van der Waals surface area (Å²) in [6, 6.07) is 17.4. The number of anilines is 3. The SMILES string of the molecule is CN1CCN(c2ccc(Nc3ncc4cc(-c5ccccc5Br)c(C(=O)O)nc4n3)cc2)CC1. The molecule has 172 valence electrons. The minimum absolute atomic E-state index is 0.0550. The van der Waals surface area contributed by atoms with Crippen molar-refractivity contribution in [1.82, 2.24) is 19.9 Å². The first-order chi connectivity index (χ1) is 16.5. The molecule has 1 saturated heterocycles. The van der Waals surface area contributed by atoms with Crippen LogP contribution in [0.5, 0.6) is 0 Å². The third-order valence-corrected chi connectivity index (χ3v) is 6.62. The van der Waals surface area contributed by atoms with Crippen LogP contribution < -0.4 is 10.2 Å². The largest absolute Gasteiger partial charge is 0.476 e. The molecule has 0 saturated carbocycles. The van der Waals surface area contributed by atoms with Gasteiger partial charge >= 0.3 is 5.97 Å². The molecule has 2 aromatic carbocycles. The summed E-state index contributed by atoms with van der Waals surface area (Å²) in [6.45, 7) is 4.13. The molecular formula is C25H23BrN6O2. The fourth-order valence-corrected chi connectivity index (χ4v) is 4.52. The van der Waals surface area contributed by atoms with Gasteiger partial charge < -0.3 is 20.2 Å². The molecule has 0 amide bonds. The summed E-state index contributed by atoms with van der Waals surface area (Å²) < 4.78 is 0.790. The van der Waals surface area contributed by atoms with E-state index in [2.05, 4.69) is 65.2 Å². The van der Waals surface area contributed by atoms with Gasteiger partial charge in [-0.15, -0.1) is 0 Å². The van der Waals surface area contributed by atoms with Gasteiger partial charge in [0.05, 0.1) is 0 Å². The highest BCUT2D eigenvalue weighted by Crippen LogP contribution is 2.32. The van der Waals surface area contributed by atoms with Gasteiger partial charge in [-0.2, -0.15) is 4.98 Å². The maximum atomic E-state index is 12.0. The lowest BCUT2D eigenvalue weighted by Crippen LogP contribution is -2.44. The third kappa shape index (κ3) is 4.57. The maximum Gasteiger partial charge on any atom is 0.355 e. The van der Waals surface area contributed by atoms with Crippen molar-refractivity contribution in [1.29, 1.82) is 0 Å². The number of fused-ring (bicyclic) bond motifs is 1. The molecule has 9 heteroatoms. The number of carbonyl (C=O) groups is 1. The molecule has 1 aliphatic rings. The molecule has 5 rings (SSSR count). The van der Waals surface area contributed by atoms with Gasteiger partial charge in [-0.1, -0.05) is 34.1 Å². The number of nitrogens with one attached hydrogen (secondary N) is 1. The summed E-state index contributed by atoms with van der Waals surface area (Å²) in [5, 5.41) is 13.6. The van der Waals surface area contributed by atoms with Crippen molar-refractivity contribution >= 4 is 50.3 Å². The molecule has 0 unspecified atom stereocenters. The van der Waals surface area contributed by atoms with E-state index in [1.54, 1.807) is 12.3 Å². The Hall–Kier alpha value is -3.56. The fourth-order valence-electron chi connectivity index (χ4n) is 4.02. The van der Waals surface area contributed by atoms with Crippen molar-refractivity contribution in [2.24, 2.45) is 0 Å². The van der Waals surface area contributed by atoms with Crippen LogP contribution in [0.2, 0.25) is 0 Å². The zero-order valence-electron chi connectivity index (χ0n) is 18.6. The number of likely N-dealkylation sites (N-methyl/N-ethyl adjacent to an activating group) is 1. The van der Waals surface area contributed by atoms with E-state index < -0.39 is 5.97 Å². The molecule has 4 aromatic rings. The molecule has 34 heavy (non-hydrogen) atoms. The highest BCUT2D eigenvalue weighted by molar-refractivity contribution is 9.10. The minimum Gasteiger partial charge on any atom is -0.476 e. The van der Waals surface area contributed by atoms with Crippen LogP contribution in [0.15, 0.2) is 65.3 Å². The number of benzene rings is 2. The van der Waals surface area contributed by atoms with Crippen molar-refractivity contribution in [2.75, 3.05) is 43.4 Å². The lowest BCUT2D eigenvalue weighted by molar-refractivity contribution is 0.0692. The average molecular weight is 519 g/mol. The number of hydrogen-bond donors (Lipinski definition) is 2. The Morgan fingerprint density at radius 3 is 2.44 bits per heavy atom. The molecule has 0 atom stereocenters. The quantitative estimate of drug-likeness (QED) is 0.394. The van der Waals surface area contributed by atoms with Crippen LogP contribution in [0.1, 0.15) is 10.5 Å². The van der Waals surface area contributed by atoms with Gasteiger partial charge in [-0.3, -0.25) is 0 Å². The standard InChI is InChI=1S/C25H23BrN6O2/c1-31-10-12-32(13-11-31)18-8-6-17(7-9-18)28-25-27-15-16-14-20(19-4-2-3-5-21(19)26)22(24(33)34)29-23(16)30-25/h2-9,14-15H,10-13H2,1H3,(H,33,34)(H,27,28,29,30). The van der Waals surface area contributed by atoms with E-state index in [4.69, 9.17) is 0 Å². The Morgan fingerprint density at radius 1 is 1.00 bits per heavy atom. The summed E-state index contributed by atoms with van der Waals surface area (Å²) in [5.41, 5.74) is 3.56. The summed E-state index contributed by atoms with van der Waals surface area (Å²) in [6.07, 6.45) is 1.66. The number of hydrogen-bond acceptors (Lipinski definition) is 7. The summed E-state index contributed by atoms with van der Waals surface area (Å²) in [4.78, 5) is 29.9. The van der Waals surface area contributed by atoms with Gasteiger partial charge in [0.1, 0.15) is 0 Å². The minimum atomic E-state index is -1.11. The summed E-state index contributed by atoms with van der Waals surface area (Å²) in [5.74, 6) is -0.752. The van der Waals surface area contributed by atoms with E-state index in [1.807, 2.05) is 36.4 Å². The second-order valence-electron chi connectivity index (χ2n) is 8.24. The van der Waals surface area contributed by atoms with Gasteiger partial charge in [0.25, 0.3) is 0 Å². The molecule has 1 fully saturated rings. The Labute approximate surface area is 205 Å². The maximum absolute atomic E-state index is 12.0. The van der Waals surface area contributed by atoms with Gasteiger partial charge in [-0.05, 0) is 49.0 Å². The Balaban J connectivity index is 1.41. The first-order valence-electron chi connectivity index (χ1n) is 10.9. The van der Waals surface area contributed by atoms with Crippen molar-refractivity contribution in [3.05, 3.63) is 71.0 Å². The molecule has 1 aliphatic heterocycles. The molecule has 8 nitrogen and oxygen atoms in total. The van der Waals surface area contributed by atoms with Crippen LogP contribution in [-0.4, -0.2) is 64.2 Å². The van der Waals surface area contributed by atoms with Gasteiger partial charge in [-0.25, -0.2) is 14.8 Å². The van der Waals surface area contributed by atoms with Crippen molar-refractivity contribution < 1.29 is 9.90 Å². The second-order valence-corrected chi connectivity index (χ2v) is 9.09. The summed E-state index contributed by atoms with van der Waals surface area (Å²) in [7, 11) is 2.14. The zero-order chi connectivity index (χ0) is 23.7. The Bertz CT molecular complexity index is 1350. The molecule has 2 N–H and O–H groups in total. The summed E-state index contributed by atoms with van der Waals surface area (Å²) >= 11 is 3.49. The number of nitrogens with zero attached hydrogens (tertiary/aromatic N) is 5. The molecule has 0 spiro atoms. The molecule has 2 aromatic heterocycles. The predicted molar refractivity (Wildman–Crippen MR) is 137 cm³/mol. The van der Waals surface area contributed by atoms with Gasteiger partial charge in [0.15, 0.2) is 11.3 Å². The average Bonchev–Trinajstić information content (AvgIpc) is 2.84. The van der Waals surface area contributed by atoms with E-state index in [1.165, 1.54) is 5.69 Å². The van der Waals surface area contributed by atoms with Crippen LogP contribution in [0.25, 0.3) is 22.2 Å². The normalized spacial score (nSPS) is 14.4. The molecular weight excluding hydrogens is 496 g/mol. The van der Waals surface area contributed by atoms with Crippen LogP contribution in [0.3, 0.4) is 0 Å². The van der Waals surface area contributed by atoms with E-state index in [0.29, 0.717) is 22.5 Å². The van der Waals surface area contributed by atoms with Crippen LogP contribution >= 0.6 is 15.9 Å². The first kappa shape index (κ1) is 22.2. The number of rotatable bonds is 5. The van der Waals surface area contributed by atoms with Crippen LogP contribution in [0, 0.1) is 0 Å². The smallest absolute Gasteiger partial charge is 0.355 e. The van der Waals surface area contributed by atoms with Gasteiger partial charge in [0.2, 0.25) is 5.95 Å². The number of carboxylic acids is 1. The molecule has 0 aliphatic carbocycles. The predicted octanol–water partition coefficient (Wildman–Crippen LogP) is 4.65. The third-order valence-electron chi connectivity index (χ3n) is 5.93. The number of aromatic nitrogens is 3. The van der Waals surface area contributed by atoms with Crippen molar-refractivity contribution in [3.63, 3.8) is 0 Å².